The molecule has 1 N–H and O–H groups in total. The Balaban J connectivity index is 1.86. The predicted molar refractivity (Wildman–Crippen MR) is 70.0 cm³/mol. The van der Waals surface area contributed by atoms with E-state index in [0.29, 0.717) is 5.41 Å². The van der Waals surface area contributed by atoms with Crippen LogP contribution in [0.4, 0.5) is 0 Å². The van der Waals surface area contributed by atoms with Crippen molar-refractivity contribution in [1.29, 1.82) is 0 Å². The van der Waals surface area contributed by atoms with E-state index in [9.17, 15) is 0 Å². The Kier molecular flexibility index (Phi) is 3.88. The van der Waals surface area contributed by atoms with Gasteiger partial charge in [-0.2, -0.15) is 0 Å². The van der Waals surface area contributed by atoms with E-state index in [1.165, 1.54) is 37.8 Å². The molecular formula is C14H20ClN. The molecule has 1 aromatic rings. The van der Waals surface area contributed by atoms with Crippen LogP contribution in [0.15, 0.2) is 24.3 Å². The molecule has 1 fully saturated rings. The summed E-state index contributed by atoms with van der Waals surface area (Å²) in [7, 11) is 0. The Bertz CT molecular complexity index is 327. The largest absolute Gasteiger partial charge is 0.316 e. The minimum atomic E-state index is 0.545. The van der Waals surface area contributed by atoms with Crippen LogP contribution in [-0.2, 0) is 6.42 Å². The summed E-state index contributed by atoms with van der Waals surface area (Å²) in [5.41, 5.74) is 1.96. The highest BCUT2D eigenvalue weighted by molar-refractivity contribution is 6.30. The van der Waals surface area contributed by atoms with Gasteiger partial charge in [-0.1, -0.05) is 30.7 Å². The summed E-state index contributed by atoms with van der Waals surface area (Å²) < 4.78 is 0. The fraction of sp³-hybridized carbons (Fsp3) is 0.571. The lowest BCUT2D eigenvalue weighted by Crippen LogP contribution is -2.26. The van der Waals surface area contributed by atoms with Crippen molar-refractivity contribution in [2.45, 2.75) is 32.6 Å². The van der Waals surface area contributed by atoms with Gasteiger partial charge < -0.3 is 5.32 Å². The minimum Gasteiger partial charge on any atom is -0.316 e. The second kappa shape index (κ2) is 5.20. The number of hydrogen-bond donors (Lipinski definition) is 1. The van der Waals surface area contributed by atoms with E-state index < -0.39 is 0 Å². The van der Waals surface area contributed by atoms with E-state index in [0.717, 1.165) is 11.6 Å². The molecule has 0 spiro atoms. The topological polar surface area (TPSA) is 12.0 Å². The quantitative estimate of drug-likeness (QED) is 0.745. The summed E-state index contributed by atoms with van der Waals surface area (Å²) in [6.07, 6.45) is 5.15. The summed E-state index contributed by atoms with van der Waals surface area (Å²) in [5.74, 6) is 0. The first-order valence-electron chi connectivity index (χ1n) is 6.19. The van der Waals surface area contributed by atoms with Crippen LogP contribution in [0.3, 0.4) is 0 Å². The van der Waals surface area contributed by atoms with Crippen LogP contribution >= 0.6 is 11.6 Å². The maximum Gasteiger partial charge on any atom is 0.0406 e. The molecule has 0 heterocycles. The van der Waals surface area contributed by atoms with Gasteiger partial charge in [-0.15, -0.1) is 0 Å². The molecule has 1 aliphatic rings. The van der Waals surface area contributed by atoms with Gasteiger partial charge in [0.25, 0.3) is 0 Å². The van der Waals surface area contributed by atoms with Gasteiger partial charge in [0.1, 0.15) is 0 Å². The van der Waals surface area contributed by atoms with Crippen LogP contribution in [0.5, 0.6) is 0 Å². The molecule has 1 aliphatic carbocycles. The number of halogens is 1. The number of nitrogens with one attached hydrogen (secondary N) is 1. The smallest absolute Gasteiger partial charge is 0.0406 e. The van der Waals surface area contributed by atoms with Crippen molar-refractivity contribution in [2.75, 3.05) is 13.1 Å². The standard InChI is InChI=1S/C14H20ClN/c1-2-9-16-11-14(7-8-14)10-12-3-5-13(15)6-4-12/h3-6,16H,2,7-11H2,1H3. The third-order valence-electron chi connectivity index (χ3n) is 3.38. The molecule has 0 radical (unpaired) electrons. The minimum absolute atomic E-state index is 0.545. The molecule has 1 aromatic carbocycles. The van der Waals surface area contributed by atoms with Crippen LogP contribution in [0, 0.1) is 5.41 Å². The van der Waals surface area contributed by atoms with Crippen molar-refractivity contribution in [3.05, 3.63) is 34.9 Å². The van der Waals surface area contributed by atoms with Crippen LogP contribution < -0.4 is 5.32 Å². The molecule has 0 unspecified atom stereocenters. The Morgan fingerprint density at radius 1 is 1.25 bits per heavy atom. The van der Waals surface area contributed by atoms with Gasteiger partial charge in [0.2, 0.25) is 0 Å². The van der Waals surface area contributed by atoms with E-state index in [2.05, 4.69) is 24.4 Å². The lowest BCUT2D eigenvalue weighted by atomic mass is 9.96. The lowest BCUT2D eigenvalue weighted by Gasteiger charge is -2.15. The first-order valence-corrected chi connectivity index (χ1v) is 6.57. The van der Waals surface area contributed by atoms with Crippen molar-refractivity contribution in [1.82, 2.24) is 5.32 Å². The second-order valence-corrected chi connectivity index (χ2v) is 5.42. The Labute approximate surface area is 103 Å². The van der Waals surface area contributed by atoms with Gasteiger partial charge >= 0.3 is 0 Å². The molecule has 2 heteroatoms. The normalized spacial score (nSPS) is 17.4. The maximum absolute atomic E-state index is 5.89. The van der Waals surface area contributed by atoms with Gasteiger partial charge in [-0.05, 0) is 55.3 Å². The summed E-state index contributed by atoms with van der Waals surface area (Å²) in [6.45, 7) is 4.53. The van der Waals surface area contributed by atoms with E-state index >= 15 is 0 Å². The van der Waals surface area contributed by atoms with Crippen molar-refractivity contribution in [3.63, 3.8) is 0 Å². The molecular weight excluding hydrogens is 218 g/mol. The zero-order valence-electron chi connectivity index (χ0n) is 9.93. The van der Waals surface area contributed by atoms with Gasteiger partial charge in [0.15, 0.2) is 0 Å². The Morgan fingerprint density at radius 2 is 1.94 bits per heavy atom. The molecule has 1 saturated carbocycles. The zero-order chi connectivity index (χ0) is 11.4. The first-order chi connectivity index (χ1) is 7.74. The highest BCUT2D eigenvalue weighted by Crippen LogP contribution is 2.47. The van der Waals surface area contributed by atoms with Gasteiger partial charge in [0, 0.05) is 11.6 Å². The van der Waals surface area contributed by atoms with Gasteiger partial charge in [-0.3, -0.25) is 0 Å². The van der Waals surface area contributed by atoms with E-state index in [1.807, 2.05) is 12.1 Å². The van der Waals surface area contributed by atoms with Crippen molar-refractivity contribution >= 4 is 11.6 Å². The molecule has 0 bridgehead atoms. The summed E-state index contributed by atoms with van der Waals surface area (Å²) in [6, 6.07) is 8.29. The third-order valence-corrected chi connectivity index (χ3v) is 3.63. The molecule has 0 aromatic heterocycles. The van der Waals surface area contributed by atoms with Crippen molar-refractivity contribution in [3.8, 4) is 0 Å². The lowest BCUT2D eigenvalue weighted by molar-refractivity contribution is 0.455. The predicted octanol–water partition coefficient (Wildman–Crippen LogP) is 3.66. The molecule has 0 aliphatic heterocycles. The van der Waals surface area contributed by atoms with Crippen LogP contribution in [0.25, 0.3) is 0 Å². The van der Waals surface area contributed by atoms with Crippen molar-refractivity contribution in [2.24, 2.45) is 5.41 Å². The molecule has 0 saturated heterocycles. The molecule has 88 valence electrons. The Hall–Kier alpha value is -0.530. The van der Waals surface area contributed by atoms with Crippen LogP contribution in [0.2, 0.25) is 5.02 Å². The highest BCUT2D eigenvalue weighted by Gasteiger charge is 2.41. The SMILES string of the molecule is CCCNCC1(Cc2ccc(Cl)cc2)CC1. The Morgan fingerprint density at radius 3 is 2.50 bits per heavy atom. The third kappa shape index (κ3) is 3.23. The van der Waals surface area contributed by atoms with E-state index in [-0.39, 0.29) is 0 Å². The summed E-state index contributed by atoms with van der Waals surface area (Å²) in [4.78, 5) is 0. The van der Waals surface area contributed by atoms with Crippen molar-refractivity contribution < 1.29 is 0 Å². The van der Waals surface area contributed by atoms with E-state index in [1.54, 1.807) is 0 Å². The number of rotatable bonds is 6. The van der Waals surface area contributed by atoms with Crippen LogP contribution in [-0.4, -0.2) is 13.1 Å². The fourth-order valence-electron chi connectivity index (χ4n) is 2.16. The first kappa shape index (κ1) is 11.9. The highest BCUT2D eigenvalue weighted by atomic mass is 35.5. The van der Waals surface area contributed by atoms with Gasteiger partial charge in [0.05, 0.1) is 0 Å². The molecule has 0 atom stereocenters. The van der Waals surface area contributed by atoms with Gasteiger partial charge in [-0.25, -0.2) is 0 Å². The van der Waals surface area contributed by atoms with E-state index in [4.69, 9.17) is 11.6 Å². The molecule has 16 heavy (non-hydrogen) atoms. The monoisotopic (exact) mass is 237 g/mol. The maximum atomic E-state index is 5.89. The average molecular weight is 238 g/mol. The number of benzene rings is 1. The number of hydrogen-bond acceptors (Lipinski definition) is 1. The van der Waals surface area contributed by atoms with Crippen LogP contribution in [0.1, 0.15) is 31.7 Å². The summed E-state index contributed by atoms with van der Waals surface area (Å²) in [5, 5.41) is 4.37. The molecule has 1 nitrogen and oxygen atoms in total. The second-order valence-electron chi connectivity index (χ2n) is 4.98. The summed E-state index contributed by atoms with van der Waals surface area (Å²) >= 11 is 5.89. The molecule has 0 amide bonds. The average Bonchev–Trinajstić information content (AvgIpc) is 3.03. The molecule has 2 rings (SSSR count). The zero-order valence-corrected chi connectivity index (χ0v) is 10.7. The fourth-order valence-corrected chi connectivity index (χ4v) is 2.28.